The lowest BCUT2D eigenvalue weighted by molar-refractivity contribution is 0.659. The van der Waals surface area contributed by atoms with Crippen molar-refractivity contribution in [2.45, 2.75) is 20.4 Å². The van der Waals surface area contributed by atoms with Crippen molar-refractivity contribution < 1.29 is 0 Å². The second-order valence-electron chi connectivity index (χ2n) is 5.33. The van der Waals surface area contributed by atoms with E-state index in [-0.39, 0.29) is 5.82 Å². The van der Waals surface area contributed by atoms with Gasteiger partial charge >= 0.3 is 0 Å². The van der Waals surface area contributed by atoms with E-state index >= 15 is 0 Å². The number of nitriles is 1. The number of aromatic amines is 1. The van der Waals surface area contributed by atoms with Crippen LogP contribution in [0.2, 0.25) is 0 Å². The minimum atomic E-state index is 0.254. The number of anilines is 1. The van der Waals surface area contributed by atoms with Gasteiger partial charge in [-0.15, -0.1) is 10.2 Å². The smallest absolute Gasteiger partial charge is 0.216 e. The first-order valence-electron chi connectivity index (χ1n) is 7.36. The fourth-order valence-corrected chi connectivity index (χ4v) is 2.35. The molecule has 24 heavy (non-hydrogen) atoms. The van der Waals surface area contributed by atoms with Gasteiger partial charge in [0.1, 0.15) is 11.6 Å². The highest BCUT2D eigenvalue weighted by molar-refractivity contribution is 5.74. The largest absolute Gasteiger partial charge is 0.360 e. The van der Waals surface area contributed by atoms with Crippen LogP contribution in [0.3, 0.4) is 0 Å². The number of aromatic nitrogens is 6. The van der Waals surface area contributed by atoms with Crippen molar-refractivity contribution in [1.82, 2.24) is 30.4 Å². The van der Waals surface area contributed by atoms with E-state index in [9.17, 15) is 0 Å². The molecule has 0 spiro atoms. The molecule has 0 saturated heterocycles. The number of benzene rings is 1. The van der Waals surface area contributed by atoms with Gasteiger partial charge in [-0.1, -0.05) is 12.1 Å². The fourth-order valence-electron chi connectivity index (χ4n) is 2.35. The SMILES string of the molecule is Cc1cc(C)n(Cc2cccc(NC=C(C#N)c3nn[nH]n3)c2)n1. The molecule has 2 aromatic heterocycles. The van der Waals surface area contributed by atoms with Crippen LogP contribution in [0.5, 0.6) is 0 Å². The Bertz CT molecular complexity index is 899. The Morgan fingerprint density at radius 1 is 1.38 bits per heavy atom. The van der Waals surface area contributed by atoms with Crippen molar-refractivity contribution in [1.29, 1.82) is 5.26 Å². The molecule has 0 aliphatic carbocycles. The molecule has 2 N–H and O–H groups in total. The number of H-pyrrole nitrogens is 1. The summed E-state index contributed by atoms with van der Waals surface area (Å²) in [6.45, 7) is 4.71. The molecule has 0 fully saturated rings. The molecular formula is C16H16N8. The highest BCUT2D eigenvalue weighted by atomic mass is 15.5. The minimum absolute atomic E-state index is 0.254. The van der Waals surface area contributed by atoms with Gasteiger partial charge in [0.2, 0.25) is 5.82 Å². The van der Waals surface area contributed by atoms with Crippen molar-refractivity contribution in [2.75, 3.05) is 5.32 Å². The maximum absolute atomic E-state index is 9.17. The second-order valence-corrected chi connectivity index (χ2v) is 5.33. The number of tetrazole rings is 1. The standard InChI is InChI=1S/C16H16N8/c1-11-6-12(2)24(21-11)10-13-4-3-5-15(7-13)18-9-14(8-17)16-19-22-23-20-16/h3-7,9,18H,10H2,1-2H3,(H,19,20,22,23). The Labute approximate surface area is 138 Å². The van der Waals surface area contributed by atoms with Crippen LogP contribution in [-0.4, -0.2) is 30.4 Å². The maximum Gasteiger partial charge on any atom is 0.216 e. The van der Waals surface area contributed by atoms with E-state index in [0.717, 1.165) is 22.6 Å². The summed E-state index contributed by atoms with van der Waals surface area (Å²) in [5, 5.41) is 30.1. The molecular weight excluding hydrogens is 304 g/mol. The van der Waals surface area contributed by atoms with Crippen LogP contribution >= 0.6 is 0 Å². The summed E-state index contributed by atoms with van der Waals surface area (Å²) in [6, 6.07) is 12.0. The molecule has 0 amide bonds. The van der Waals surface area contributed by atoms with E-state index in [4.69, 9.17) is 5.26 Å². The van der Waals surface area contributed by atoms with Crippen molar-refractivity contribution in [3.8, 4) is 6.07 Å². The average molecular weight is 320 g/mol. The van der Waals surface area contributed by atoms with Crippen molar-refractivity contribution in [3.05, 3.63) is 59.3 Å². The first-order chi connectivity index (χ1) is 11.7. The van der Waals surface area contributed by atoms with E-state index in [1.807, 2.05) is 48.9 Å². The van der Waals surface area contributed by atoms with Crippen LogP contribution in [0.4, 0.5) is 5.69 Å². The van der Waals surface area contributed by atoms with Gasteiger partial charge in [-0.05, 0) is 42.8 Å². The molecule has 0 aliphatic rings. The van der Waals surface area contributed by atoms with Crippen LogP contribution in [0, 0.1) is 25.2 Å². The molecule has 120 valence electrons. The lowest BCUT2D eigenvalue weighted by Gasteiger charge is -2.07. The van der Waals surface area contributed by atoms with Crippen LogP contribution in [0.1, 0.15) is 22.8 Å². The van der Waals surface area contributed by atoms with Gasteiger partial charge in [0.25, 0.3) is 0 Å². The number of rotatable bonds is 5. The number of nitrogens with one attached hydrogen (secondary N) is 2. The highest BCUT2D eigenvalue weighted by Crippen LogP contribution is 2.15. The molecule has 8 heteroatoms. The van der Waals surface area contributed by atoms with Gasteiger partial charge in [0, 0.05) is 17.6 Å². The summed E-state index contributed by atoms with van der Waals surface area (Å²) < 4.78 is 1.96. The van der Waals surface area contributed by atoms with Gasteiger partial charge in [0.05, 0.1) is 12.2 Å². The summed E-state index contributed by atoms with van der Waals surface area (Å²) in [5.74, 6) is 0.254. The molecule has 3 aromatic rings. The second kappa shape index (κ2) is 6.75. The van der Waals surface area contributed by atoms with Gasteiger partial charge in [-0.3, -0.25) is 4.68 Å². The summed E-state index contributed by atoms with van der Waals surface area (Å²) in [5.41, 5.74) is 4.40. The quantitative estimate of drug-likeness (QED) is 0.696. The van der Waals surface area contributed by atoms with Crippen LogP contribution in [-0.2, 0) is 6.54 Å². The lowest BCUT2D eigenvalue weighted by atomic mass is 10.2. The summed E-state index contributed by atoms with van der Waals surface area (Å²) in [6.07, 6.45) is 1.56. The Kier molecular flexibility index (Phi) is 4.34. The molecule has 8 nitrogen and oxygen atoms in total. The van der Waals surface area contributed by atoms with Gasteiger partial charge in [-0.25, -0.2) is 0 Å². The average Bonchev–Trinajstić information content (AvgIpc) is 3.19. The third-order valence-corrected chi connectivity index (χ3v) is 3.45. The van der Waals surface area contributed by atoms with Crippen molar-refractivity contribution >= 4 is 11.3 Å². The molecule has 0 radical (unpaired) electrons. The Balaban J connectivity index is 1.76. The van der Waals surface area contributed by atoms with E-state index < -0.39 is 0 Å². The topological polar surface area (TPSA) is 108 Å². The molecule has 1 aromatic carbocycles. The van der Waals surface area contributed by atoms with Crippen molar-refractivity contribution in [3.63, 3.8) is 0 Å². The van der Waals surface area contributed by atoms with Gasteiger partial charge in [-0.2, -0.15) is 15.6 Å². The predicted octanol–water partition coefficient (Wildman–Crippen LogP) is 2.04. The molecule has 0 unspecified atom stereocenters. The number of allylic oxidation sites excluding steroid dienone is 1. The van der Waals surface area contributed by atoms with Crippen molar-refractivity contribution in [2.24, 2.45) is 0 Å². The number of hydrogen-bond acceptors (Lipinski definition) is 6. The molecule has 0 saturated carbocycles. The Hall–Kier alpha value is -3.47. The Morgan fingerprint density at radius 3 is 2.92 bits per heavy atom. The summed E-state index contributed by atoms with van der Waals surface area (Å²) in [4.78, 5) is 0. The fraction of sp³-hybridized carbons (Fsp3) is 0.188. The number of hydrogen-bond donors (Lipinski definition) is 2. The van der Waals surface area contributed by atoms with Crippen LogP contribution < -0.4 is 5.32 Å². The zero-order valence-electron chi connectivity index (χ0n) is 13.4. The third-order valence-electron chi connectivity index (χ3n) is 3.45. The van der Waals surface area contributed by atoms with Crippen LogP contribution in [0.15, 0.2) is 36.5 Å². The molecule has 2 heterocycles. The summed E-state index contributed by atoms with van der Waals surface area (Å²) in [7, 11) is 0. The molecule has 0 aliphatic heterocycles. The van der Waals surface area contributed by atoms with Gasteiger partial charge < -0.3 is 5.32 Å². The third kappa shape index (κ3) is 3.47. The normalized spacial score (nSPS) is 11.3. The minimum Gasteiger partial charge on any atom is -0.360 e. The van der Waals surface area contributed by atoms with E-state index in [1.54, 1.807) is 6.20 Å². The zero-order valence-corrected chi connectivity index (χ0v) is 13.4. The first-order valence-corrected chi connectivity index (χ1v) is 7.36. The highest BCUT2D eigenvalue weighted by Gasteiger charge is 2.06. The van der Waals surface area contributed by atoms with Gasteiger partial charge in [0.15, 0.2) is 0 Å². The Morgan fingerprint density at radius 2 is 2.25 bits per heavy atom. The molecule has 0 bridgehead atoms. The first kappa shape index (κ1) is 15.4. The number of nitrogens with zero attached hydrogens (tertiary/aromatic N) is 6. The lowest BCUT2D eigenvalue weighted by Crippen LogP contribution is -2.04. The molecule has 0 atom stereocenters. The molecule has 3 rings (SSSR count). The predicted molar refractivity (Wildman–Crippen MR) is 88.6 cm³/mol. The zero-order chi connectivity index (χ0) is 16.9. The monoisotopic (exact) mass is 320 g/mol. The maximum atomic E-state index is 9.17. The van der Waals surface area contributed by atoms with E-state index in [0.29, 0.717) is 12.1 Å². The van der Waals surface area contributed by atoms with E-state index in [1.165, 1.54) is 0 Å². The van der Waals surface area contributed by atoms with E-state index in [2.05, 4.69) is 37.1 Å². The van der Waals surface area contributed by atoms with Crippen LogP contribution in [0.25, 0.3) is 5.57 Å². The number of aryl methyl sites for hydroxylation is 2. The summed E-state index contributed by atoms with van der Waals surface area (Å²) >= 11 is 0.